The molecule has 0 aliphatic heterocycles. The van der Waals surface area contributed by atoms with Crippen LogP contribution in [0, 0.1) is 0 Å². The van der Waals surface area contributed by atoms with Crippen molar-refractivity contribution in [2.45, 2.75) is 0 Å². The predicted octanol–water partition coefficient (Wildman–Crippen LogP) is 4.80. The van der Waals surface area contributed by atoms with E-state index in [0.29, 0.717) is 0 Å². The van der Waals surface area contributed by atoms with Crippen molar-refractivity contribution >= 4 is 37.0 Å². The van der Waals surface area contributed by atoms with Gasteiger partial charge >= 0.3 is 13.1 Å². The molecule has 0 N–H and O–H groups in total. The Labute approximate surface area is 192 Å². The Morgan fingerprint density at radius 1 is 0.788 bits per heavy atom. The monoisotopic (exact) mass is 461 g/mol. The van der Waals surface area contributed by atoms with E-state index in [1.54, 1.807) is 0 Å². The maximum absolute atomic E-state index is 9.75. The normalized spacial score (nSPS) is 11.5. The molecule has 0 saturated heterocycles. The van der Waals surface area contributed by atoms with Crippen molar-refractivity contribution in [3.8, 4) is 0 Å². The molecule has 3 rings (SSSR count). The molecule has 1 heterocycles. The molecule has 176 valence electrons. The van der Waals surface area contributed by atoms with Gasteiger partial charge in [0.2, 0.25) is 0 Å². The Morgan fingerprint density at radius 3 is 1.70 bits per heavy atom. The standard InChI is InChI=1S/C23H28N5.BF4/c1-25(2)21-11-6-19(7-12-21)10-15-23-27(5)16-17-28(23)24-18-20-8-13-22(14-9-20)26(3)4;2-1(3,4)5/h6-18H,1-5H3;/q+1;-1/b24-18+;. The maximum Gasteiger partial charge on any atom is 0.673 e. The third kappa shape index (κ3) is 8.84. The summed E-state index contributed by atoms with van der Waals surface area (Å²) in [5.41, 5.74) is 4.59. The van der Waals surface area contributed by atoms with Gasteiger partial charge < -0.3 is 27.1 Å². The van der Waals surface area contributed by atoms with Crippen LogP contribution in [-0.2, 0) is 7.05 Å². The number of rotatable bonds is 6. The molecule has 0 bridgehead atoms. The molecule has 1 aromatic heterocycles. The molecule has 0 aliphatic rings. The molecule has 0 amide bonds. The number of hydrogen-bond acceptors (Lipinski definition) is 3. The smallest absolute Gasteiger partial charge is 0.418 e. The topological polar surface area (TPSA) is 27.7 Å². The van der Waals surface area contributed by atoms with E-state index in [0.717, 1.165) is 17.0 Å². The number of nitrogens with zero attached hydrogens (tertiary/aromatic N) is 5. The van der Waals surface area contributed by atoms with Gasteiger partial charge in [-0.3, -0.25) is 0 Å². The first kappa shape index (κ1) is 25.7. The zero-order valence-corrected chi connectivity index (χ0v) is 19.3. The van der Waals surface area contributed by atoms with E-state index in [1.165, 1.54) is 11.4 Å². The SMILES string of the molecule is CN(C)c1ccc(/C=C/c2n(/N=C/c3ccc(N(C)C)cc3)cc[n+]2C)cc1.F[B-](F)(F)F. The summed E-state index contributed by atoms with van der Waals surface area (Å²) in [6, 6.07) is 16.8. The van der Waals surface area contributed by atoms with Gasteiger partial charge in [0.1, 0.15) is 6.20 Å². The number of aryl methyl sites for hydroxylation is 1. The van der Waals surface area contributed by atoms with Gasteiger partial charge in [0.05, 0.1) is 13.3 Å². The number of anilines is 2. The molecule has 0 saturated carbocycles. The first-order chi connectivity index (χ1) is 15.4. The van der Waals surface area contributed by atoms with Crippen LogP contribution >= 0.6 is 0 Å². The van der Waals surface area contributed by atoms with Crippen LogP contribution in [0.2, 0.25) is 0 Å². The number of halogens is 4. The van der Waals surface area contributed by atoms with Gasteiger partial charge in [0, 0.05) is 45.6 Å². The molecule has 33 heavy (non-hydrogen) atoms. The largest absolute Gasteiger partial charge is 0.673 e. The number of imidazole rings is 1. The lowest BCUT2D eigenvalue weighted by atomic mass is 10.2. The summed E-state index contributed by atoms with van der Waals surface area (Å²) in [5, 5.41) is 4.62. The second-order valence-corrected chi connectivity index (χ2v) is 7.66. The highest BCUT2D eigenvalue weighted by Crippen LogP contribution is 2.14. The van der Waals surface area contributed by atoms with Crippen molar-refractivity contribution in [1.82, 2.24) is 4.68 Å². The molecule has 0 aliphatic carbocycles. The lowest BCUT2D eigenvalue weighted by Crippen LogP contribution is -2.29. The third-order valence-electron chi connectivity index (χ3n) is 4.60. The Balaban J connectivity index is 0.000000696. The van der Waals surface area contributed by atoms with Crippen LogP contribution in [0.4, 0.5) is 28.6 Å². The Hall–Kier alpha value is -3.56. The van der Waals surface area contributed by atoms with Crippen molar-refractivity contribution in [3.05, 3.63) is 77.9 Å². The third-order valence-corrected chi connectivity index (χ3v) is 4.60. The van der Waals surface area contributed by atoms with Crippen molar-refractivity contribution in [2.75, 3.05) is 38.0 Å². The predicted molar refractivity (Wildman–Crippen MR) is 129 cm³/mol. The van der Waals surface area contributed by atoms with Crippen LogP contribution in [0.5, 0.6) is 0 Å². The molecule has 0 unspecified atom stereocenters. The van der Waals surface area contributed by atoms with E-state index in [4.69, 9.17) is 0 Å². The Bertz CT molecular complexity index is 1060. The lowest BCUT2D eigenvalue weighted by Gasteiger charge is -2.11. The minimum Gasteiger partial charge on any atom is -0.418 e. The molecule has 2 aromatic carbocycles. The van der Waals surface area contributed by atoms with E-state index < -0.39 is 7.25 Å². The maximum atomic E-state index is 9.75. The molecule has 3 aromatic rings. The van der Waals surface area contributed by atoms with Gasteiger partial charge in [-0.25, -0.2) is 4.57 Å². The van der Waals surface area contributed by atoms with E-state index in [-0.39, 0.29) is 0 Å². The first-order valence-electron chi connectivity index (χ1n) is 10.2. The summed E-state index contributed by atoms with van der Waals surface area (Å²) in [5.74, 6) is 0.998. The van der Waals surface area contributed by atoms with Gasteiger partial charge in [-0.1, -0.05) is 29.4 Å². The fourth-order valence-electron chi connectivity index (χ4n) is 2.81. The summed E-state index contributed by atoms with van der Waals surface area (Å²) < 4.78 is 42.9. The fraction of sp³-hybridized carbons (Fsp3) is 0.217. The quantitative estimate of drug-likeness (QED) is 0.228. The minimum atomic E-state index is -6.00. The van der Waals surface area contributed by atoms with E-state index in [1.807, 2.05) is 58.5 Å². The summed E-state index contributed by atoms with van der Waals surface area (Å²) in [6.45, 7) is 0. The zero-order valence-electron chi connectivity index (χ0n) is 19.3. The molecule has 0 spiro atoms. The second kappa shape index (κ2) is 11.4. The zero-order chi connectivity index (χ0) is 24.6. The highest BCUT2D eigenvalue weighted by atomic mass is 19.5. The van der Waals surface area contributed by atoms with Gasteiger partial charge in [-0.15, -0.1) is 4.68 Å². The molecular weight excluding hydrogens is 433 g/mol. The Morgan fingerprint density at radius 2 is 1.24 bits per heavy atom. The lowest BCUT2D eigenvalue weighted by molar-refractivity contribution is -0.672. The van der Waals surface area contributed by atoms with Crippen LogP contribution in [0.25, 0.3) is 12.2 Å². The minimum absolute atomic E-state index is 0.998. The van der Waals surface area contributed by atoms with Gasteiger partial charge in [0.25, 0.3) is 0 Å². The molecule has 0 radical (unpaired) electrons. The molecule has 0 atom stereocenters. The van der Waals surface area contributed by atoms with Crippen molar-refractivity contribution < 1.29 is 21.8 Å². The second-order valence-electron chi connectivity index (χ2n) is 7.66. The van der Waals surface area contributed by atoms with Gasteiger partial charge in [0.15, 0.2) is 6.20 Å². The van der Waals surface area contributed by atoms with Crippen LogP contribution in [0.3, 0.4) is 0 Å². The highest BCUT2D eigenvalue weighted by Gasteiger charge is 2.20. The summed E-state index contributed by atoms with van der Waals surface area (Å²) >= 11 is 0. The summed E-state index contributed by atoms with van der Waals surface area (Å²) in [7, 11) is 4.19. The van der Waals surface area contributed by atoms with Crippen LogP contribution in [0.1, 0.15) is 17.0 Å². The number of hydrogen-bond donors (Lipinski definition) is 0. The van der Waals surface area contributed by atoms with E-state index in [2.05, 4.69) is 80.2 Å². The van der Waals surface area contributed by atoms with Crippen LogP contribution in [0.15, 0.2) is 66.0 Å². The van der Waals surface area contributed by atoms with Crippen molar-refractivity contribution in [1.29, 1.82) is 0 Å². The van der Waals surface area contributed by atoms with E-state index in [9.17, 15) is 17.3 Å². The summed E-state index contributed by atoms with van der Waals surface area (Å²) in [4.78, 5) is 4.18. The molecule has 10 heteroatoms. The average Bonchev–Trinajstić information content (AvgIpc) is 3.09. The molecule has 0 fully saturated rings. The van der Waals surface area contributed by atoms with Crippen LogP contribution < -0.4 is 14.4 Å². The molecule has 5 nitrogen and oxygen atoms in total. The van der Waals surface area contributed by atoms with Gasteiger partial charge in [-0.2, -0.15) is 0 Å². The molecular formula is C23H28BF4N5. The Kier molecular flexibility index (Phi) is 8.84. The highest BCUT2D eigenvalue weighted by molar-refractivity contribution is 6.50. The summed E-state index contributed by atoms with van der Waals surface area (Å²) in [6.07, 6.45) is 10.0. The number of benzene rings is 2. The van der Waals surface area contributed by atoms with E-state index >= 15 is 0 Å². The van der Waals surface area contributed by atoms with Crippen LogP contribution in [-0.4, -0.2) is 46.3 Å². The number of aromatic nitrogens is 2. The fourth-order valence-corrected chi connectivity index (χ4v) is 2.81. The average molecular weight is 461 g/mol. The van der Waals surface area contributed by atoms with Gasteiger partial charge in [-0.05, 0) is 41.5 Å². The van der Waals surface area contributed by atoms with Crippen molar-refractivity contribution in [3.63, 3.8) is 0 Å². The first-order valence-corrected chi connectivity index (χ1v) is 10.2. The van der Waals surface area contributed by atoms with Crippen molar-refractivity contribution in [2.24, 2.45) is 12.1 Å².